The zero-order valence-corrected chi connectivity index (χ0v) is 51.7. The molecule has 1 aliphatic rings. The Balaban J connectivity index is 0.000000221. The molecule has 0 fully saturated rings. The summed E-state index contributed by atoms with van der Waals surface area (Å²) in [6.07, 6.45) is 9.75. The lowest BCUT2D eigenvalue weighted by Crippen LogP contribution is -2.28. The van der Waals surface area contributed by atoms with Gasteiger partial charge in [0.15, 0.2) is 57.5 Å². The molecule has 0 radical (unpaired) electrons. The molecule has 0 saturated heterocycles. The van der Waals surface area contributed by atoms with Crippen LogP contribution in [0, 0.1) is 0 Å². The number of rotatable bonds is 27. The van der Waals surface area contributed by atoms with E-state index in [-0.39, 0.29) is 19.4 Å². The van der Waals surface area contributed by atoms with E-state index in [9.17, 15) is 4.79 Å². The molecule has 1 heterocycles. The van der Waals surface area contributed by atoms with Gasteiger partial charge in [-0.05, 0) is 131 Å². The molecule has 0 spiro atoms. The minimum atomic E-state index is -0.201. The first-order chi connectivity index (χ1) is 43.1. The average Bonchev–Trinajstić information content (AvgIpc) is 3.47. The average molecular weight is 1210 g/mol. The lowest BCUT2D eigenvalue weighted by atomic mass is 9.93. The molecule has 4 N–H and O–H groups in total. The SMILES string of the molecule is C.COc1cc(OC)c(OC)cc1/C=C/C1NCCc2cc(OCc3ccccc3)c(OC)cc21.COc1ccc(CCN)cc1OCc1ccccc1.COc1ccc(CCNC(=O)/C=C/c2cc(OC)c(OC)c(OC)c2)cc1OCc1ccccc1. The molecule has 0 saturated carbocycles. The summed E-state index contributed by atoms with van der Waals surface area (Å²) in [5, 5.41) is 6.48. The zero-order valence-electron chi connectivity index (χ0n) is 51.7. The normalized spacial score (nSPS) is 12.1. The monoisotopic (exact) mass is 1210 g/mol. The maximum absolute atomic E-state index is 12.3. The second-order valence-corrected chi connectivity index (χ2v) is 19.9. The molecular weight excluding hydrogens is 1130 g/mol. The Labute approximate surface area is 525 Å². The Morgan fingerprint density at radius 1 is 0.472 bits per heavy atom. The number of benzene rings is 8. The Morgan fingerprint density at radius 2 is 0.933 bits per heavy atom. The van der Waals surface area contributed by atoms with E-state index in [0.29, 0.717) is 85.3 Å². The van der Waals surface area contributed by atoms with Crippen LogP contribution in [0.4, 0.5) is 0 Å². The van der Waals surface area contributed by atoms with Gasteiger partial charge in [-0.1, -0.05) is 123 Å². The number of nitrogens with one attached hydrogen (secondary N) is 2. The maximum Gasteiger partial charge on any atom is 0.244 e. The van der Waals surface area contributed by atoms with E-state index in [1.807, 2.05) is 133 Å². The van der Waals surface area contributed by atoms with E-state index in [4.69, 9.17) is 62.6 Å². The number of carbonyl (C=O) groups is 1. The number of nitrogens with two attached hydrogens (primary N) is 1. The van der Waals surface area contributed by atoms with Crippen LogP contribution in [0.2, 0.25) is 0 Å². The van der Waals surface area contributed by atoms with Crippen molar-refractivity contribution in [2.24, 2.45) is 5.73 Å². The van der Waals surface area contributed by atoms with Crippen LogP contribution in [-0.4, -0.2) is 89.5 Å². The van der Waals surface area contributed by atoms with E-state index in [2.05, 4.69) is 41.0 Å². The third-order valence-electron chi connectivity index (χ3n) is 14.2. The smallest absolute Gasteiger partial charge is 0.244 e. The van der Waals surface area contributed by atoms with E-state index < -0.39 is 0 Å². The highest BCUT2D eigenvalue weighted by molar-refractivity contribution is 5.92. The summed E-state index contributed by atoms with van der Waals surface area (Å²) < 4.78 is 66.8. The number of fused-ring (bicyclic) bond motifs is 1. The summed E-state index contributed by atoms with van der Waals surface area (Å²) in [5.74, 6) is 7.68. The summed E-state index contributed by atoms with van der Waals surface area (Å²) in [6.45, 7) is 3.45. The van der Waals surface area contributed by atoms with Gasteiger partial charge in [0.1, 0.15) is 25.6 Å². The first-order valence-corrected chi connectivity index (χ1v) is 28.8. The highest BCUT2D eigenvalue weighted by Crippen LogP contribution is 2.40. The minimum Gasteiger partial charge on any atom is -0.496 e. The molecule has 89 heavy (non-hydrogen) atoms. The molecule has 1 unspecified atom stereocenters. The highest BCUT2D eigenvalue weighted by Gasteiger charge is 2.22. The fourth-order valence-electron chi connectivity index (χ4n) is 9.53. The zero-order chi connectivity index (χ0) is 62.5. The Kier molecular flexibility index (Phi) is 27.9. The largest absolute Gasteiger partial charge is 0.496 e. The van der Waals surface area contributed by atoms with Crippen molar-refractivity contribution in [3.05, 3.63) is 226 Å². The molecule has 470 valence electrons. The third kappa shape index (κ3) is 20.1. The molecule has 0 aliphatic carbocycles. The van der Waals surface area contributed by atoms with E-state index in [0.717, 1.165) is 81.3 Å². The van der Waals surface area contributed by atoms with Crippen LogP contribution in [0.3, 0.4) is 0 Å². The van der Waals surface area contributed by atoms with Gasteiger partial charge in [-0.15, -0.1) is 0 Å². The number of amides is 1. The molecule has 1 aliphatic heterocycles. The molecule has 1 atom stereocenters. The third-order valence-corrected chi connectivity index (χ3v) is 14.2. The second kappa shape index (κ2) is 36.4. The molecule has 1 amide bonds. The Hall–Kier alpha value is -9.77. The topological polar surface area (TPSA) is 178 Å². The summed E-state index contributed by atoms with van der Waals surface area (Å²) in [7, 11) is 14.5. The minimum absolute atomic E-state index is 0. The van der Waals surface area contributed by atoms with Crippen molar-refractivity contribution in [2.45, 2.75) is 52.6 Å². The standard InChI is InChI=1S/C28H31NO6.C28H31NO5.C16H19NO2.CH4/c1-31-23-12-10-20(16-24(23)35-19-21-8-6-5-7-9-21)14-15-29-27(30)13-11-22-17-25(32-2)28(34-4)26(18-22)33-3;1-30-24-17-27(33-4)25(31-2)15-21(24)10-11-23-22-16-26(32-3)28(14-20(22)12-13-29-23)34-18-19-8-6-5-7-9-19;1-18-15-8-7-13(9-10-17)11-16(15)19-12-14-5-3-2-4-6-14;/h5-13,16-18H,14-15,19H2,1-4H3,(H,29,30);5-11,14-17,23,29H,12-13,18H2,1-4H3;2-8,11H,9-10,12,17H2,1H3;1H4/b13-11+;11-10+;;. The Bertz CT molecular complexity index is 3480. The van der Waals surface area contributed by atoms with E-state index >= 15 is 0 Å². The Morgan fingerprint density at radius 3 is 1.40 bits per heavy atom. The molecule has 16 heteroatoms. The van der Waals surface area contributed by atoms with Gasteiger partial charge in [0.25, 0.3) is 0 Å². The number of methoxy groups -OCH3 is 9. The summed E-state index contributed by atoms with van der Waals surface area (Å²) in [5.41, 5.74) is 15.2. The van der Waals surface area contributed by atoms with Crippen LogP contribution in [0.5, 0.6) is 69.0 Å². The van der Waals surface area contributed by atoms with Gasteiger partial charge in [-0.3, -0.25) is 4.79 Å². The first kappa shape index (κ1) is 68.3. The van der Waals surface area contributed by atoms with Gasteiger partial charge in [-0.25, -0.2) is 0 Å². The molecular formula is C73H85N3O13. The summed E-state index contributed by atoms with van der Waals surface area (Å²) in [6, 6.07) is 53.4. The van der Waals surface area contributed by atoms with Crippen LogP contribution in [-0.2, 0) is 43.9 Å². The lowest BCUT2D eigenvalue weighted by molar-refractivity contribution is -0.116. The van der Waals surface area contributed by atoms with Crippen molar-refractivity contribution in [3.8, 4) is 69.0 Å². The van der Waals surface area contributed by atoms with Crippen LogP contribution < -0.4 is 73.2 Å². The van der Waals surface area contributed by atoms with Crippen molar-refractivity contribution in [2.75, 3.05) is 83.6 Å². The van der Waals surface area contributed by atoms with Crippen LogP contribution in [0.15, 0.2) is 176 Å². The predicted octanol–water partition coefficient (Wildman–Crippen LogP) is 13.3. The van der Waals surface area contributed by atoms with Crippen molar-refractivity contribution >= 4 is 18.1 Å². The maximum atomic E-state index is 12.3. The highest BCUT2D eigenvalue weighted by atomic mass is 16.5. The molecule has 0 aromatic heterocycles. The lowest BCUT2D eigenvalue weighted by Gasteiger charge is -2.26. The van der Waals surface area contributed by atoms with Crippen molar-refractivity contribution < 1.29 is 61.6 Å². The van der Waals surface area contributed by atoms with Gasteiger partial charge in [0.05, 0.1) is 70.0 Å². The van der Waals surface area contributed by atoms with Crippen LogP contribution >= 0.6 is 0 Å². The van der Waals surface area contributed by atoms with E-state index in [1.54, 1.807) is 82.2 Å². The number of hydrogen-bond donors (Lipinski definition) is 3. The molecule has 8 aromatic carbocycles. The van der Waals surface area contributed by atoms with Crippen LogP contribution in [0.1, 0.15) is 63.5 Å². The predicted molar refractivity (Wildman–Crippen MR) is 352 cm³/mol. The van der Waals surface area contributed by atoms with Crippen molar-refractivity contribution in [3.63, 3.8) is 0 Å². The number of carbonyl (C=O) groups excluding carboxylic acids is 1. The van der Waals surface area contributed by atoms with E-state index in [1.165, 1.54) is 17.2 Å². The fourth-order valence-corrected chi connectivity index (χ4v) is 9.53. The quantitative estimate of drug-likeness (QED) is 0.0414. The number of ether oxygens (including phenoxy) is 12. The molecule has 8 aromatic rings. The fraction of sp³-hybridized carbons (Fsp3) is 0.274. The van der Waals surface area contributed by atoms with Crippen LogP contribution in [0.25, 0.3) is 12.2 Å². The molecule has 9 rings (SSSR count). The van der Waals surface area contributed by atoms with Crippen molar-refractivity contribution in [1.29, 1.82) is 0 Å². The number of hydrogen-bond acceptors (Lipinski definition) is 15. The van der Waals surface area contributed by atoms with Gasteiger partial charge < -0.3 is 73.2 Å². The van der Waals surface area contributed by atoms with Gasteiger partial charge in [0.2, 0.25) is 11.7 Å². The molecule has 0 bridgehead atoms. The van der Waals surface area contributed by atoms with Gasteiger partial charge in [-0.2, -0.15) is 0 Å². The second-order valence-electron chi connectivity index (χ2n) is 19.9. The first-order valence-electron chi connectivity index (χ1n) is 28.8. The summed E-state index contributed by atoms with van der Waals surface area (Å²) >= 11 is 0. The van der Waals surface area contributed by atoms with Gasteiger partial charge >= 0.3 is 0 Å². The van der Waals surface area contributed by atoms with Crippen molar-refractivity contribution in [1.82, 2.24) is 10.6 Å². The summed E-state index contributed by atoms with van der Waals surface area (Å²) in [4.78, 5) is 12.3. The van der Waals surface area contributed by atoms with Gasteiger partial charge in [0, 0.05) is 30.8 Å². The molecule has 16 nitrogen and oxygen atoms in total.